The van der Waals surface area contributed by atoms with Gasteiger partial charge in [-0.3, -0.25) is 9.48 Å². The number of ether oxygens (including phenoxy) is 2. The minimum Gasteiger partial charge on any atom is -0.494 e. The molecule has 1 aliphatic heterocycles. The Hall–Kier alpha value is -3.46. The molecule has 9 heteroatoms. The van der Waals surface area contributed by atoms with Gasteiger partial charge >= 0.3 is 0 Å². The third-order valence-electron chi connectivity index (χ3n) is 6.42. The number of methoxy groups -OCH3 is 1. The molecule has 0 bridgehead atoms. The van der Waals surface area contributed by atoms with Crippen molar-refractivity contribution >= 4 is 11.6 Å². The van der Waals surface area contributed by atoms with E-state index < -0.39 is 0 Å². The molecule has 1 aromatic heterocycles. The zero-order chi connectivity index (χ0) is 24.9. The molecule has 0 unspecified atom stereocenters. The van der Waals surface area contributed by atoms with Gasteiger partial charge in [0.1, 0.15) is 5.82 Å². The topological polar surface area (TPSA) is 129 Å². The number of benzene rings is 1. The lowest BCUT2D eigenvalue weighted by Gasteiger charge is -2.24. The molecule has 1 saturated carbocycles. The first-order valence-electron chi connectivity index (χ1n) is 12.3. The van der Waals surface area contributed by atoms with E-state index in [-0.39, 0.29) is 17.6 Å². The average molecular weight is 481 g/mol. The Morgan fingerprint density at radius 3 is 2.63 bits per heavy atom. The summed E-state index contributed by atoms with van der Waals surface area (Å²) in [5.41, 5.74) is 17.0. The summed E-state index contributed by atoms with van der Waals surface area (Å²) < 4.78 is 13.5. The molecule has 2 heterocycles. The molecule has 6 N–H and O–H groups in total. The normalized spacial score (nSPS) is 17.6. The molecule has 0 radical (unpaired) electrons. The fourth-order valence-corrected chi connectivity index (χ4v) is 4.31. The summed E-state index contributed by atoms with van der Waals surface area (Å²) in [5.74, 6) is 0.901. The lowest BCUT2D eigenvalue weighted by molar-refractivity contribution is -0.121. The number of hydrogen-bond acceptors (Lipinski definition) is 7. The smallest absolute Gasteiger partial charge is 0.228 e. The van der Waals surface area contributed by atoms with Crippen molar-refractivity contribution < 1.29 is 14.3 Å². The number of para-hydroxylation sites is 1. The summed E-state index contributed by atoms with van der Waals surface area (Å²) in [6.07, 6.45) is 6.26. The predicted octanol–water partition coefficient (Wildman–Crippen LogP) is 3.40. The number of allylic oxidation sites excluding steroid dienone is 2. The van der Waals surface area contributed by atoms with E-state index in [1.807, 2.05) is 18.2 Å². The number of carbonyl (C=O) groups excluding carboxylic acids is 1. The van der Waals surface area contributed by atoms with Gasteiger partial charge in [-0.15, -0.1) is 0 Å². The van der Waals surface area contributed by atoms with Gasteiger partial charge in [-0.1, -0.05) is 13.0 Å². The fourth-order valence-electron chi connectivity index (χ4n) is 4.31. The van der Waals surface area contributed by atoms with Crippen molar-refractivity contribution in [3.8, 4) is 17.0 Å². The van der Waals surface area contributed by atoms with E-state index in [0.717, 1.165) is 62.3 Å². The van der Waals surface area contributed by atoms with Crippen molar-refractivity contribution in [3.63, 3.8) is 0 Å². The third-order valence-corrected chi connectivity index (χ3v) is 6.42. The highest BCUT2D eigenvalue weighted by molar-refractivity contribution is 5.82. The number of carbonyl (C=O) groups is 1. The standard InChI is InChI=1S/C26H36N6O3/c1-4-18-14-23(31-32(18)19-10-12-35-13-11-19)20-6-5-7-21(25(20)34-3)29-22(16(2)27)15-24(28)30-26(33)17-8-9-17/h5-7,14-15,17,19,29H,4,8-13,27-28H2,1-3H3,(H,30,33)/b22-16+,24-15+. The summed E-state index contributed by atoms with van der Waals surface area (Å²) in [6, 6.07) is 8.33. The third kappa shape index (κ3) is 5.79. The summed E-state index contributed by atoms with van der Waals surface area (Å²) in [7, 11) is 1.64. The Labute approximate surface area is 206 Å². The van der Waals surface area contributed by atoms with E-state index in [0.29, 0.717) is 23.2 Å². The first kappa shape index (κ1) is 24.7. The van der Waals surface area contributed by atoms with Gasteiger partial charge in [0.25, 0.3) is 0 Å². The van der Waals surface area contributed by atoms with Gasteiger partial charge in [-0.05, 0) is 57.2 Å². The second kappa shape index (κ2) is 10.9. The van der Waals surface area contributed by atoms with Crippen LogP contribution in [0.2, 0.25) is 0 Å². The molecule has 4 rings (SSSR count). The number of aryl methyl sites for hydroxylation is 1. The van der Waals surface area contributed by atoms with Crippen LogP contribution in [-0.2, 0) is 16.0 Å². The van der Waals surface area contributed by atoms with E-state index in [4.69, 9.17) is 26.0 Å². The highest BCUT2D eigenvalue weighted by atomic mass is 16.5. The molecule has 1 amide bonds. The maximum atomic E-state index is 12.1. The number of hydrogen-bond donors (Lipinski definition) is 4. The quantitative estimate of drug-likeness (QED) is 0.405. The van der Waals surface area contributed by atoms with E-state index >= 15 is 0 Å². The van der Waals surface area contributed by atoms with Crippen molar-refractivity contribution in [3.05, 3.63) is 53.3 Å². The molecule has 2 aromatic rings. The second-order valence-electron chi connectivity index (χ2n) is 9.13. The maximum absolute atomic E-state index is 12.1. The van der Waals surface area contributed by atoms with Gasteiger partial charge in [-0.25, -0.2) is 0 Å². The minimum atomic E-state index is -0.0563. The van der Waals surface area contributed by atoms with Crippen LogP contribution in [0.15, 0.2) is 47.6 Å². The Bertz CT molecular complexity index is 1120. The average Bonchev–Trinajstić information content (AvgIpc) is 3.62. The first-order valence-corrected chi connectivity index (χ1v) is 12.3. The van der Waals surface area contributed by atoms with Crippen LogP contribution in [0.5, 0.6) is 5.75 Å². The van der Waals surface area contributed by atoms with Crippen molar-refractivity contribution in [1.29, 1.82) is 0 Å². The van der Waals surface area contributed by atoms with Gasteiger partial charge in [0, 0.05) is 42.2 Å². The Morgan fingerprint density at radius 2 is 2.00 bits per heavy atom. The molecule has 9 nitrogen and oxygen atoms in total. The molecular weight excluding hydrogens is 444 g/mol. The number of anilines is 1. The predicted molar refractivity (Wildman–Crippen MR) is 136 cm³/mol. The van der Waals surface area contributed by atoms with Gasteiger partial charge in [0.2, 0.25) is 5.91 Å². The summed E-state index contributed by atoms with van der Waals surface area (Å²) in [4.78, 5) is 12.1. The number of aromatic nitrogens is 2. The molecule has 1 saturated heterocycles. The van der Waals surface area contributed by atoms with Crippen LogP contribution in [0, 0.1) is 5.92 Å². The van der Waals surface area contributed by atoms with Gasteiger partial charge in [0.05, 0.1) is 30.2 Å². The van der Waals surface area contributed by atoms with Crippen LogP contribution >= 0.6 is 0 Å². The van der Waals surface area contributed by atoms with Crippen LogP contribution in [-0.4, -0.2) is 36.0 Å². The largest absolute Gasteiger partial charge is 0.494 e. The molecule has 2 aliphatic rings. The number of rotatable bonds is 9. The van der Waals surface area contributed by atoms with Crippen LogP contribution in [0.1, 0.15) is 51.3 Å². The van der Waals surface area contributed by atoms with Gasteiger partial charge in [0.15, 0.2) is 5.75 Å². The van der Waals surface area contributed by atoms with E-state index in [1.54, 1.807) is 20.1 Å². The molecule has 1 aromatic carbocycles. The molecule has 0 spiro atoms. The maximum Gasteiger partial charge on any atom is 0.228 e. The molecule has 1 aliphatic carbocycles. The SMILES string of the molecule is CCc1cc(-c2cccc(NC(/C=C(\N)NC(=O)C3CC3)=C(\C)N)c2OC)nn1C1CCOCC1. The zero-order valence-electron chi connectivity index (χ0n) is 20.8. The highest BCUT2D eigenvalue weighted by Crippen LogP contribution is 2.38. The molecule has 2 fully saturated rings. The van der Waals surface area contributed by atoms with Crippen LogP contribution < -0.4 is 26.8 Å². The number of amides is 1. The van der Waals surface area contributed by atoms with Crippen molar-refractivity contribution in [2.75, 3.05) is 25.6 Å². The molecule has 0 atom stereocenters. The number of nitrogens with zero attached hydrogens (tertiary/aromatic N) is 2. The zero-order valence-corrected chi connectivity index (χ0v) is 20.8. The Balaban J connectivity index is 1.62. The number of nitrogens with two attached hydrogens (primary N) is 2. The molecule has 35 heavy (non-hydrogen) atoms. The van der Waals surface area contributed by atoms with Crippen molar-refractivity contribution in [1.82, 2.24) is 15.1 Å². The lowest BCUT2D eigenvalue weighted by atomic mass is 10.1. The van der Waals surface area contributed by atoms with E-state index in [9.17, 15) is 4.79 Å². The van der Waals surface area contributed by atoms with E-state index in [1.165, 1.54) is 5.69 Å². The van der Waals surface area contributed by atoms with E-state index in [2.05, 4.69) is 28.3 Å². The monoisotopic (exact) mass is 480 g/mol. The minimum absolute atomic E-state index is 0.0563. The Morgan fingerprint density at radius 1 is 1.26 bits per heavy atom. The number of nitrogens with one attached hydrogen (secondary N) is 2. The van der Waals surface area contributed by atoms with Gasteiger partial charge < -0.3 is 31.6 Å². The molecule has 188 valence electrons. The van der Waals surface area contributed by atoms with Crippen molar-refractivity contribution in [2.24, 2.45) is 17.4 Å². The van der Waals surface area contributed by atoms with Crippen LogP contribution in [0.25, 0.3) is 11.3 Å². The Kier molecular flexibility index (Phi) is 7.65. The highest BCUT2D eigenvalue weighted by Gasteiger charge is 2.29. The summed E-state index contributed by atoms with van der Waals surface area (Å²) >= 11 is 0. The first-order chi connectivity index (χ1) is 16.9. The van der Waals surface area contributed by atoms with Crippen molar-refractivity contribution in [2.45, 2.75) is 52.0 Å². The summed E-state index contributed by atoms with van der Waals surface area (Å²) in [6.45, 7) is 5.44. The summed E-state index contributed by atoms with van der Waals surface area (Å²) in [5, 5.41) is 11.0. The molecular formula is C26H36N6O3. The van der Waals surface area contributed by atoms with Crippen LogP contribution in [0.4, 0.5) is 5.69 Å². The van der Waals surface area contributed by atoms with Crippen LogP contribution in [0.3, 0.4) is 0 Å². The lowest BCUT2D eigenvalue weighted by Crippen LogP contribution is -2.29. The van der Waals surface area contributed by atoms with Gasteiger partial charge in [-0.2, -0.15) is 5.10 Å². The fraction of sp³-hybridized carbons (Fsp3) is 0.462. The second-order valence-corrected chi connectivity index (χ2v) is 9.13.